The lowest BCUT2D eigenvalue weighted by atomic mass is 10.1. The molecule has 9 heteroatoms. The first-order valence-corrected chi connectivity index (χ1v) is 10.2. The maximum atomic E-state index is 12.9. The van der Waals surface area contributed by atoms with Crippen molar-refractivity contribution in [3.05, 3.63) is 65.4 Å². The monoisotopic (exact) mass is 416 g/mol. The van der Waals surface area contributed by atoms with Gasteiger partial charge in [-0.05, 0) is 41.5 Å². The molecule has 0 unspecified atom stereocenters. The van der Waals surface area contributed by atoms with Gasteiger partial charge in [-0.1, -0.05) is 23.7 Å². The number of anilines is 2. The summed E-state index contributed by atoms with van der Waals surface area (Å²) in [4.78, 5) is 19.2. The highest BCUT2D eigenvalue weighted by Crippen LogP contribution is 2.28. The highest BCUT2D eigenvalue weighted by atomic mass is 35.5. The standard InChI is InChI=1S/C19H17ClN4O3S/c1-12(25)24-18-9-14(6-7-22-18)15-8-17(19(21)23-10-15)28(26,27)11-13-2-4-16(20)5-3-13/h2-10H,11H2,1H3,(H2,21,23)(H,22,24,25). The molecule has 0 atom stereocenters. The van der Waals surface area contributed by atoms with E-state index in [9.17, 15) is 13.2 Å². The van der Waals surface area contributed by atoms with Crippen molar-refractivity contribution in [2.24, 2.45) is 0 Å². The minimum Gasteiger partial charge on any atom is -0.383 e. The van der Waals surface area contributed by atoms with Crippen molar-refractivity contribution in [3.8, 4) is 11.1 Å². The molecule has 0 aliphatic heterocycles. The maximum Gasteiger partial charge on any atom is 0.222 e. The lowest BCUT2D eigenvalue weighted by molar-refractivity contribution is -0.114. The van der Waals surface area contributed by atoms with Crippen LogP contribution < -0.4 is 11.1 Å². The molecule has 28 heavy (non-hydrogen) atoms. The third-order valence-corrected chi connectivity index (χ3v) is 5.85. The number of amides is 1. The van der Waals surface area contributed by atoms with E-state index in [0.717, 1.165) is 0 Å². The predicted molar refractivity (Wildman–Crippen MR) is 109 cm³/mol. The van der Waals surface area contributed by atoms with Crippen molar-refractivity contribution in [1.82, 2.24) is 9.97 Å². The number of carbonyl (C=O) groups excluding carboxylic acids is 1. The molecule has 3 rings (SSSR count). The number of aromatic nitrogens is 2. The van der Waals surface area contributed by atoms with Crippen LogP contribution in [0.25, 0.3) is 11.1 Å². The second-order valence-electron chi connectivity index (χ2n) is 6.10. The molecular weight excluding hydrogens is 400 g/mol. The minimum atomic E-state index is -3.73. The van der Waals surface area contributed by atoms with Crippen LogP contribution in [0.3, 0.4) is 0 Å². The summed E-state index contributed by atoms with van der Waals surface area (Å²) in [5.41, 5.74) is 7.62. The van der Waals surface area contributed by atoms with Crippen molar-refractivity contribution < 1.29 is 13.2 Å². The molecule has 0 radical (unpaired) electrons. The zero-order valence-electron chi connectivity index (χ0n) is 14.9. The molecule has 0 saturated carbocycles. The Morgan fingerprint density at radius 3 is 2.50 bits per heavy atom. The number of carbonyl (C=O) groups is 1. The molecule has 3 N–H and O–H groups in total. The number of pyridine rings is 2. The van der Waals surface area contributed by atoms with Gasteiger partial charge in [-0.3, -0.25) is 4.79 Å². The average Bonchev–Trinajstić information content (AvgIpc) is 2.63. The van der Waals surface area contributed by atoms with Crippen LogP contribution in [0.1, 0.15) is 12.5 Å². The van der Waals surface area contributed by atoms with Crippen LogP contribution in [-0.4, -0.2) is 24.3 Å². The van der Waals surface area contributed by atoms with Crippen molar-refractivity contribution in [2.75, 3.05) is 11.1 Å². The van der Waals surface area contributed by atoms with Gasteiger partial charge in [0.1, 0.15) is 16.5 Å². The summed E-state index contributed by atoms with van der Waals surface area (Å²) in [6.45, 7) is 1.38. The fraction of sp³-hybridized carbons (Fsp3) is 0.105. The van der Waals surface area contributed by atoms with Gasteiger partial charge in [-0.25, -0.2) is 18.4 Å². The van der Waals surface area contributed by atoms with E-state index in [4.69, 9.17) is 17.3 Å². The summed E-state index contributed by atoms with van der Waals surface area (Å²) in [6, 6.07) is 11.3. The lowest BCUT2D eigenvalue weighted by Crippen LogP contribution is -2.10. The Hall–Kier alpha value is -2.97. The van der Waals surface area contributed by atoms with Crippen LogP contribution in [0.2, 0.25) is 5.02 Å². The van der Waals surface area contributed by atoms with Crippen LogP contribution in [0, 0.1) is 0 Å². The number of hydrogen-bond acceptors (Lipinski definition) is 6. The Labute approximate surface area is 167 Å². The number of hydrogen-bond donors (Lipinski definition) is 2. The fourth-order valence-corrected chi connectivity index (χ4v) is 4.19. The first-order valence-electron chi connectivity index (χ1n) is 8.21. The molecule has 0 fully saturated rings. The third kappa shape index (κ3) is 4.65. The SMILES string of the molecule is CC(=O)Nc1cc(-c2cnc(N)c(S(=O)(=O)Cc3ccc(Cl)cc3)c2)ccn1. The smallest absolute Gasteiger partial charge is 0.222 e. The number of halogens is 1. The lowest BCUT2D eigenvalue weighted by Gasteiger charge is -2.10. The van der Waals surface area contributed by atoms with Gasteiger partial charge in [0.15, 0.2) is 9.84 Å². The largest absolute Gasteiger partial charge is 0.383 e. The van der Waals surface area contributed by atoms with Gasteiger partial charge in [-0.2, -0.15) is 0 Å². The van der Waals surface area contributed by atoms with Crippen LogP contribution >= 0.6 is 11.6 Å². The van der Waals surface area contributed by atoms with Gasteiger partial charge < -0.3 is 11.1 Å². The van der Waals surface area contributed by atoms with E-state index >= 15 is 0 Å². The van der Waals surface area contributed by atoms with E-state index in [2.05, 4.69) is 15.3 Å². The molecule has 0 spiro atoms. The van der Waals surface area contributed by atoms with Crippen molar-refractivity contribution in [1.29, 1.82) is 0 Å². The molecule has 144 valence electrons. The molecular formula is C19H17ClN4O3S. The molecule has 0 saturated heterocycles. The van der Waals surface area contributed by atoms with E-state index < -0.39 is 9.84 Å². The number of nitrogens with two attached hydrogens (primary N) is 1. The molecule has 1 amide bonds. The van der Waals surface area contributed by atoms with Gasteiger partial charge in [0, 0.05) is 29.9 Å². The highest BCUT2D eigenvalue weighted by Gasteiger charge is 2.20. The Morgan fingerprint density at radius 1 is 1.11 bits per heavy atom. The normalized spacial score (nSPS) is 11.2. The average molecular weight is 417 g/mol. The third-order valence-electron chi connectivity index (χ3n) is 3.88. The molecule has 2 heterocycles. The van der Waals surface area contributed by atoms with Gasteiger partial charge >= 0.3 is 0 Å². The minimum absolute atomic E-state index is 0.0576. The van der Waals surface area contributed by atoms with Gasteiger partial charge in [0.2, 0.25) is 5.91 Å². The number of nitrogens with zero attached hydrogens (tertiary/aromatic N) is 2. The molecule has 2 aromatic heterocycles. The topological polar surface area (TPSA) is 115 Å². The summed E-state index contributed by atoms with van der Waals surface area (Å²) < 4.78 is 25.8. The van der Waals surface area contributed by atoms with Crippen molar-refractivity contribution in [2.45, 2.75) is 17.6 Å². The van der Waals surface area contributed by atoms with E-state index in [-0.39, 0.29) is 22.4 Å². The van der Waals surface area contributed by atoms with Crippen molar-refractivity contribution in [3.63, 3.8) is 0 Å². The second-order valence-corrected chi connectivity index (χ2v) is 8.50. The predicted octanol–water partition coefficient (Wildman–Crippen LogP) is 3.31. The van der Waals surface area contributed by atoms with E-state index in [1.165, 1.54) is 25.4 Å². The molecule has 3 aromatic rings. The van der Waals surface area contributed by atoms with Crippen LogP contribution in [-0.2, 0) is 20.4 Å². The number of nitrogen functional groups attached to an aromatic ring is 1. The molecule has 1 aromatic carbocycles. The summed E-state index contributed by atoms with van der Waals surface area (Å²) in [5.74, 6) is -0.208. The molecule has 0 aliphatic rings. The van der Waals surface area contributed by atoms with E-state index in [0.29, 0.717) is 27.5 Å². The first-order chi connectivity index (χ1) is 13.2. The molecule has 7 nitrogen and oxygen atoms in total. The summed E-state index contributed by atoms with van der Waals surface area (Å²) in [5, 5.41) is 3.11. The summed E-state index contributed by atoms with van der Waals surface area (Å²) >= 11 is 5.85. The number of rotatable bonds is 5. The molecule has 0 aliphatic carbocycles. The van der Waals surface area contributed by atoms with Crippen LogP contribution in [0.15, 0.2) is 59.8 Å². The first kappa shape index (κ1) is 19.8. The second kappa shape index (κ2) is 7.95. The Bertz CT molecular complexity index is 1130. The van der Waals surface area contributed by atoms with Crippen molar-refractivity contribution >= 4 is 39.0 Å². The number of nitrogens with one attached hydrogen (secondary N) is 1. The number of sulfone groups is 1. The zero-order valence-corrected chi connectivity index (χ0v) is 16.5. The van der Waals surface area contributed by atoms with Crippen LogP contribution in [0.4, 0.5) is 11.6 Å². The van der Waals surface area contributed by atoms with E-state index in [1.54, 1.807) is 36.4 Å². The van der Waals surface area contributed by atoms with Gasteiger partial charge in [0.05, 0.1) is 5.75 Å². The molecule has 0 bridgehead atoms. The maximum absolute atomic E-state index is 12.9. The highest BCUT2D eigenvalue weighted by molar-refractivity contribution is 7.90. The quantitative estimate of drug-likeness (QED) is 0.659. The van der Waals surface area contributed by atoms with Gasteiger partial charge in [0.25, 0.3) is 0 Å². The summed E-state index contributed by atoms with van der Waals surface area (Å²) in [6.07, 6.45) is 2.99. The Morgan fingerprint density at radius 2 is 1.82 bits per heavy atom. The van der Waals surface area contributed by atoms with Gasteiger partial charge in [-0.15, -0.1) is 0 Å². The Balaban J connectivity index is 1.97. The number of benzene rings is 1. The van der Waals surface area contributed by atoms with E-state index in [1.807, 2.05) is 0 Å². The zero-order chi connectivity index (χ0) is 20.3. The summed E-state index contributed by atoms with van der Waals surface area (Å²) in [7, 11) is -3.73. The Kier molecular flexibility index (Phi) is 5.62. The fourth-order valence-electron chi connectivity index (χ4n) is 2.60. The van der Waals surface area contributed by atoms with Crippen LogP contribution in [0.5, 0.6) is 0 Å².